The number of benzene rings is 3. The van der Waals surface area contributed by atoms with E-state index in [0.717, 1.165) is 42.9 Å². The number of rotatable bonds is 10. The number of halogens is 1. The summed E-state index contributed by atoms with van der Waals surface area (Å²) in [6.07, 6.45) is 4.36. The summed E-state index contributed by atoms with van der Waals surface area (Å²) >= 11 is 0. The largest absolute Gasteiger partial charge is 0.485 e. The van der Waals surface area contributed by atoms with E-state index in [9.17, 15) is 9.59 Å². The Hall–Kier alpha value is -3.51. The first-order valence-corrected chi connectivity index (χ1v) is 12.9. The van der Waals surface area contributed by atoms with Crippen molar-refractivity contribution in [3.63, 3.8) is 0 Å². The molecule has 0 aliphatic carbocycles. The van der Waals surface area contributed by atoms with E-state index in [1.807, 2.05) is 60.7 Å². The van der Waals surface area contributed by atoms with Gasteiger partial charge in [0.25, 0.3) is 0 Å². The van der Waals surface area contributed by atoms with E-state index in [2.05, 4.69) is 11.9 Å². The molecule has 6 heteroatoms. The third-order valence-corrected chi connectivity index (χ3v) is 7.66. The lowest BCUT2D eigenvalue weighted by Crippen LogP contribution is -2.40. The smallest absolute Gasteiger partial charge is 0.228 e. The molecule has 37 heavy (non-hydrogen) atoms. The first kappa shape index (κ1) is 25.2. The minimum absolute atomic E-state index is 0.00600. The van der Waals surface area contributed by atoms with E-state index in [4.69, 9.17) is 9.47 Å². The molecule has 2 bridgehead atoms. The first-order valence-electron chi connectivity index (χ1n) is 12.9. The molecule has 0 saturated carbocycles. The highest BCUT2D eigenvalue weighted by molar-refractivity contribution is 6.43. The fraction of sp³-hybridized carbons (Fsp3) is 0.355. The molecule has 3 aromatic carbocycles. The summed E-state index contributed by atoms with van der Waals surface area (Å²) in [5.74, 6) is -1.65. The number of ketones is 2. The van der Waals surface area contributed by atoms with Crippen molar-refractivity contribution in [1.82, 2.24) is 4.90 Å². The maximum Gasteiger partial charge on any atom is 0.228 e. The van der Waals surface area contributed by atoms with E-state index < -0.39 is 17.4 Å². The van der Waals surface area contributed by atoms with Crippen LogP contribution in [-0.4, -0.2) is 35.6 Å². The summed E-state index contributed by atoms with van der Waals surface area (Å²) in [7, 11) is 2.15. The van der Waals surface area contributed by atoms with Crippen LogP contribution in [0.25, 0.3) is 0 Å². The van der Waals surface area contributed by atoms with Gasteiger partial charge in [-0.2, -0.15) is 0 Å². The molecule has 0 amide bonds. The monoisotopic (exact) mass is 501 g/mol. The Kier molecular flexibility index (Phi) is 7.65. The van der Waals surface area contributed by atoms with Gasteiger partial charge in [0, 0.05) is 24.1 Å². The molecule has 2 heterocycles. The third kappa shape index (κ3) is 5.91. The molecule has 1 unspecified atom stereocenters. The van der Waals surface area contributed by atoms with Crippen LogP contribution >= 0.6 is 0 Å². The Morgan fingerprint density at radius 3 is 2.03 bits per heavy atom. The summed E-state index contributed by atoms with van der Waals surface area (Å²) in [6, 6.07) is 22.4. The number of nitrogens with zero attached hydrogens (tertiary/aromatic N) is 1. The molecule has 2 aliphatic heterocycles. The Balaban J connectivity index is 1.33. The van der Waals surface area contributed by atoms with E-state index >= 15 is 4.39 Å². The highest BCUT2D eigenvalue weighted by atomic mass is 19.1. The topological polar surface area (TPSA) is 55.8 Å². The van der Waals surface area contributed by atoms with Crippen molar-refractivity contribution < 1.29 is 23.5 Å². The first-order chi connectivity index (χ1) is 18.0. The molecule has 2 fully saturated rings. The number of Topliss-reactive ketones (excluding diaryl/α,β-unsaturated/α-hetero) is 2. The SMILES string of the molecule is CN1[C@@H]2CC[C@H]1CC(CC(=O)C(=O)c1cc(F)c(OCc3ccccc3)c(OCc3ccccc3)c1)C2. The zero-order valence-electron chi connectivity index (χ0n) is 21.1. The van der Waals surface area contributed by atoms with Gasteiger partial charge in [-0.05, 0) is 61.9 Å². The molecular formula is C31H32FNO4. The molecule has 3 atom stereocenters. The second-order valence-electron chi connectivity index (χ2n) is 10.2. The minimum atomic E-state index is -0.727. The van der Waals surface area contributed by atoms with Gasteiger partial charge < -0.3 is 14.4 Å². The fourth-order valence-corrected chi connectivity index (χ4v) is 5.62. The number of ether oxygens (including phenoxy) is 2. The lowest BCUT2D eigenvalue weighted by Gasteiger charge is -2.36. The van der Waals surface area contributed by atoms with Gasteiger partial charge in [-0.25, -0.2) is 4.39 Å². The summed E-state index contributed by atoms with van der Waals surface area (Å²) in [5.41, 5.74) is 1.76. The number of hydrogen-bond donors (Lipinski definition) is 0. The zero-order chi connectivity index (χ0) is 25.8. The Labute approximate surface area is 217 Å². The number of piperidine rings is 1. The Bertz CT molecular complexity index is 1230. The molecule has 0 N–H and O–H groups in total. The van der Waals surface area contributed by atoms with Crippen LogP contribution in [-0.2, 0) is 18.0 Å². The molecule has 5 nitrogen and oxygen atoms in total. The van der Waals surface area contributed by atoms with Gasteiger partial charge in [0.2, 0.25) is 11.6 Å². The van der Waals surface area contributed by atoms with Crippen LogP contribution in [0.3, 0.4) is 0 Å². The second-order valence-corrected chi connectivity index (χ2v) is 10.2. The van der Waals surface area contributed by atoms with E-state index in [1.54, 1.807) is 0 Å². The standard InChI is InChI=1S/C31H32FNO4/c1-33-25-12-13-26(33)15-23(14-25)16-28(34)30(35)24-17-27(32)31(37-20-22-10-6-3-7-11-22)29(18-24)36-19-21-8-4-2-5-9-21/h2-11,17-18,23,25-26H,12-16,19-20H2,1H3/t23?,25-,26+. The van der Waals surface area contributed by atoms with Crippen molar-refractivity contribution in [2.45, 2.75) is 57.4 Å². The molecule has 0 radical (unpaired) electrons. The summed E-state index contributed by atoms with van der Waals surface area (Å²) in [5, 5.41) is 0. The van der Waals surface area contributed by atoms with Crippen LogP contribution < -0.4 is 9.47 Å². The number of carbonyl (C=O) groups is 2. The predicted octanol–water partition coefficient (Wildman–Crippen LogP) is 6.00. The molecule has 0 spiro atoms. The average Bonchev–Trinajstić information content (AvgIpc) is 3.11. The van der Waals surface area contributed by atoms with Crippen molar-refractivity contribution in [1.29, 1.82) is 0 Å². The molecule has 192 valence electrons. The van der Waals surface area contributed by atoms with E-state index in [0.29, 0.717) is 12.1 Å². The van der Waals surface area contributed by atoms with Crippen LogP contribution in [0.15, 0.2) is 72.8 Å². The average molecular weight is 502 g/mol. The predicted molar refractivity (Wildman–Crippen MR) is 139 cm³/mol. The van der Waals surface area contributed by atoms with Crippen LogP contribution in [0, 0.1) is 11.7 Å². The lowest BCUT2D eigenvalue weighted by atomic mass is 9.86. The summed E-state index contributed by atoms with van der Waals surface area (Å²) < 4.78 is 27.0. The van der Waals surface area contributed by atoms with Gasteiger partial charge in [-0.1, -0.05) is 60.7 Å². The maximum absolute atomic E-state index is 15.3. The molecule has 2 aliphatic rings. The van der Waals surface area contributed by atoms with Crippen LogP contribution in [0.2, 0.25) is 0 Å². The third-order valence-electron chi connectivity index (χ3n) is 7.66. The van der Waals surface area contributed by atoms with Gasteiger partial charge in [0.05, 0.1) is 0 Å². The summed E-state index contributed by atoms with van der Waals surface area (Å²) in [6.45, 7) is 0.316. The lowest BCUT2D eigenvalue weighted by molar-refractivity contribution is -0.116. The molecule has 2 saturated heterocycles. The van der Waals surface area contributed by atoms with Gasteiger partial charge in [-0.3, -0.25) is 9.59 Å². The van der Waals surface area contributed by atoms with E-state index in [1.165, 1.54) is 6.07 Å². The molecule has 3 aromatic rings. The van der Waals surface area contributed by atoms with Crippen molar-refractivity contribution in [3.8, 4) is 11.5 Å². The van der Waals surface area contributed by atoms with Crippen molar-refractivity contribution >= 4 is 11.6 Å². The number of fused-ring (bicyclic) bond motifs is 2. The van der Waals surface area contributed by atoms with Crippen molar-refractivity contribution in [3.05, 3.63) is 95.3 Å². The van der Waals surface area contributed by atoms with Gasteiger partial charge in [-0.15, -0.1) is 0 Å². The molecular weight excluding hydrogens is 469 g/mol. The molecule has 5 rings (SSSR count). The van der Waals surface area contributed by atoms with E-state index in [-0.39, 0.29) is 42.6 Å². The minimum Gasteiger partial charge on any atom is -0.485 e. The van der Waals surface area contributed by atoms with Gasteiger partial charge in [0.1, 0.15) is 13.2 Å². The number of carbonyl (C=O) groups excluding carboxylic acids is 2. The summed E-state index contributed by atoms with van der Waals surface area (Å²) in [4.78, 5) is 28.5. The van der Waals surface area contributed by atoms with Crippen molar-refractivity contribution in [2.75, 3.05) is 7.05 Å². The fourth-order valence-electron chi connectivity index (χ4n) is 5.62. The van der Waals surface area contributed by atoms with Crippen LogP contribution in [0.5, 0.6) is 11.5 Å². The highest BCUT2D eigenvalue weighted by Crippen LogP contribution is 2.39. The number of hydrogen-bond acceptors (Lipinski definition) is 5. The van der Waals surface area contributed by atoms with Gasteiger partial charge in [0.15, 0.2) is 17.3 Å². The highest BCUT2D eigenvalue weighted by Gasteiger charge is 2.39. The molecule has 0 aromatic heterocycles. The quantitative estimate of drug-likeness (QED) is 0.252. The Morgan fingerprint density at radius 1 is 0.865 bits per heavy atom. The maximum atomic E-state index is 15.3. The zero-order valence-corrected chi connectivity index (χ0v) is 21.1. The van der Waals surface area contributed by atoms with Crippen molar-refractivity contribution in [2.24, 2.45) is 5.92 Å². The van der Waals surface area contributed by atoms with Crippen LogP contribution in [0.4, 0.5) is 4.39 Å². The van der Waals surface area contributed by atoms with Gasteiger partial charge >= 0.3 is 0 Å². The van der Waals surface area contributed by atoms with Crippen LogP contribution in [0.1, 0.15) is 53.6 Å². The second kappa shape index (κ2) is 11.3. The Morgan fingerprint density at radius 2 is 1.43 bits per heavy atom. The normalized spacial score (nSPS) is 21.0.